The van der Waals surface area contributed by atoms with Gasteiger partial charge in [-0.25, -0.2) is 0 Å². The molecular formula is C14H19NOS. The van der Waals surface area contributed by atoms with E-state index in [4.69, 9.17) is 5.73 Å². The topological polar surface area (TPSA) is 43.1 Å². The Labute approximate surface area is 107 Å². The molecule has 2 nitrogen and oxygen atoms in total. The van der Waals surface area contributed by atoms with Crippen LogP contribution < -0.4 is 5.73 Å². The molecule has 17 heavy (non-hydrogen) atoms. The van der Waals surface area contributed by atoms with E-state index in [0.29, 0.717) is 11.7 Å². The van der Waals surface area contributed by atoms with E-state index in [1.165, 1.54) is 17.3 Å². The van der Waals surface area contributed by atoms with Gasteiger partial charge in [0.1, 0.15) is 0 Å². The van der Waals surface area contributed by atoms with Gasteiger partial charge in [-0.3, -0.25) is 4.79 Å². The molecule has 0 fully saturated rings. The average molecular weight is 249 g/mol. The van der Waals surface area contributed by atoms with E-state index in [1.807, 2.05) is 18.2 Å². The number of carbonyl (C=O) groups is 1. The summed E-state index contributed by atoms with van der Waals surface area (Å²) in [6.07, 6.45) is 3.96. The molecule has 0 amide bonds. The summed E-state index contributed by atoms with van der Waals surface area (Å²) in [4.78, 5) is 10.8. The number of carbonyl (C=O) groups excluding carboxylic acids is 1. The van der Waals surface area contributed by atoms with Gasteiger partial charge in [0.05, 0.1) is 0 Å². The number of hydrogen-bond acceptors (Lipinski definition) is 3. The fraction of sp³-hybridized carbons (Fsp3) is 0.357. The first-order chi connectivity index (χ1) is 8.00. The quantitative estimate of drug-likeness (QED) is 0.828. The number of hydrogen-bond donors (Lipinski definition) is 1. The third-order valence-corrected chi connectivity index (χ3v) is 3.22. The maximum Gasteiger partial charge on any atom is 0.186 e. The molecule has 0 unspecified atom stereocenters. The highest BCUT2D eigenvalue weighted by Gasteiger charge is 2.01. The van der Waals surface area contributed by atoms with Gasteiger partial charge in [-0.05, 0) is 29.2 Å². The van der Waals surface area contributed by atoms with Crippen LogP contribution in [0.4, 0.5) is 5.69 Å². The SMILES string of the molecule is CC(=O)SCC=Cc1cc(C(C)C)ccc1N. The lowest BCUT2D eigenvalue weighted by Gasteiger charge is -2.08. The molecule has 0 atom stereocenters. The lowest BCUT2D eigenvalue weighted by atomic mass is 10.00. The van der Waals surface area contributed by atoms with Crippen molar-refractivity contribution in [3.05, 3.63) is 35.4 Å². The summed E-state index contributed by atoms with van der Waals surface area (Å²) in [6, 6.07) is 6.10. The van der Waals surface area contributed by atoms with Gasteiger partial charge in [0, 0.05) is 18.4 Å². The van der Waals surface area contributed by atoms with E-state index < -0.39 is 0 Å². The highest BCUT2D eigenvalue weighted by Crippen LogP contribution is 2.21. The number of nitrogens with two attached hydrogens (primary N) is 1. The van der Waals surface area contributed by atoms with Crippen LogP contribution in [0, 0.1) is 0 Å². The zero-order chi connectivity index (χ0) is 12.8. The second-order valence-electron chi connectivity index (χ2n) is 4.25. The van der Waals surface area contributed by atoms with Crippen molar-refractivity contribution < 1.29 is 4.79 Å². The van der Waals surface area contributed by atoms with Crippen molar-refractivity contribution in [3.63, 3.8) is 0 Å². The first-order valence-corrected chi connectivity index (χ1v) is 6.68. The zero-order valence-electron chi connectivity index (χ0n) is 10.6. The molecule has 1 rings (SSSR count). The summed E-state index contributed by atoms with van der Waals surface area (Å²) in [7, 11) is 0. The van der Waals surface area contributed by atoms with Crippen LogP contribution >= 0.6 is 11.8 Å². The largest absolute Gasteiger partial charge is 0.398 e. The Morgan fingerprint density at radius 1 is 1.47 bits per heavy atom. The molecule has 1 aromatic rings. The van der Waals surface area contributed by atoms with Gasteiger partial charge in [-0.15, -0.1) is 0 Å². The number of rotatable bonds is 4. The molecular weight excluding hydrogens is 230 g/mol. The summed E-state index contributed by atoms with van der Waals surface area (Å²) in [5.74, 6) is 1.19. The van der Waals surface area contributed by atoms with Crippen LogP contribution in [-0.2, 0) is 4.79 Å². The van der Waals surface area contributed by atoms with E-state index in [0.717, 1.165) is 11.3 Å². The Kier molecular flexibility index (Phi) is 5.29. The summed E-state index contributed by atoms with van der Waals surface area (Å²) < 4.78 is 0. The standard InChI is InChI=1S/C14H19NOS/c1-10(2)12-6-7-14(15)13(9-12)5-4-8-17-11(3)16/h4-7,9-10H,8,15H2,1-3H3. The molecule has 1 aromatic carbocycles. The predicted molar refractivity (Wildman–Crippen MR) is 77.1 cm³/mol. The molecule has 0 radical (unpaired) electrons. The Hall–Kier alpha value is -1.22. The Bertz CT molecular complexity index is 424. The summed E-state index contributed by atoms with van der Waals surface area (Å²) in [6.45, 7) is 5.89. The fourth-order valence-corrected chi connectivity index (χ4v) is 1.86. The van der Waals surface area contributed by atoms with Gasteiger partial charge >= 0.3 is 0 Å². The smallest absolute Gasteiger partial charge is 0.186 e. The van der Waals surface area contributed by atoms with Crippen LogP contribution in [-0.4, -0.2) is 10.9 Å². The number of anilines is 1. The van der Waals surface area contributed by atoms with Gasteiger partial charge < -0.3 is 5.73 Å². The lowest BCUT2D eigenvalue weighted by Crippen LogP contribution is -1.93. The molecule has 3 heteroatoms. The summed E-state index contributed by atoms with van der Waals surface area (Å²) in [5.41, 5.74) is 8.99. The minimum absolute atomic E-state index is 0.138. The van der Waals surface area contributed by atoms with Gasteiger partial charge in [-0.1, -0.05) is 43.8 Å². The van der Waals surface area contributed by atoms with E-state index in [-0.39, 0.29) is 5.12 Å². The van der Waals surface area contributed by atoms with Crippen molar-refractivity contribution in [2.45, 2.75) is 26.7 Å². The van der Waals surface area contributed by atoms with Crippen LogP contribution in [0.2, 0.25) is 0 Å². The number of nitrogen functional groups attached to an aromatic ring is 1. The van der Waals surface area contributed by atoms with Crippen molar-refractivity contribution in [1.29, 1.82) is 0 Å². The average Bonchev–Trinajstić information content (AvgIpc) is 2.25. The van der Waals surface area contributed by atoms with E-state index in [2.05, 4.69) is 26.0 Å². The summed E-state index contributed by atoms with van der Waals surface area (Å²) >= 11 is 1.30. The summed E-state index contributed by atoms with van der Waals surface area (Å²) in [5, 5.41) is 0.138. The minimum atomic E-state index is 0.138. The second kappa shape index (κ2) is 6.50. The highest BCUT2D eigenvalue weighted by atomic mass is 32.2. The van der Waals surface area contributed by atoms with Gasteiger partial charge in [0.2, 0.25) is 0 Å². The zero-order valence-corrected chi connectivity index (χ0v) is 11.4. The lowest BCUT2D eigenvalue weighted by molar-refractivity contribution is -0.109. The molecule has 0 spiro atoms. The van der Waals surface area contributed by atoms with Crippen molar-refractivity contribution in [1.82, 2.24) is 0 Å². The first kappa shape index (κ1) is 13.8. The van der Waals surface area contributed by atoms with Crippen LogP contribution in [0.1, 0.15) is 37.8 Å². The van der Waals surface area contributed by atoms with Crippen LogP contribution in [0.25, 0.3) is 6.08 Å². The molecule has 0 heterocycles. The van der Waals surface area contributed by atoms with Crippen LogP contribution in [0.5, 0.6) is 0 Å². The van der Waals surface area contributed by atoms with Gasteiger partial charge in [-0.2, -0.15) is 0 Å². The van der Waals surface area contributed by atoms with Crippen molar-refractivity contribution in [2.24, 2.45) is 0 Å². The number of thioether (sulfide) groups is 1. The Morgan fingerprint density at radius 2 is 2.18 bits per heavy atom. The van der Waals surface area contributed by atoms with Crippen molar-refractivity contribution >= 4 is 28.6 Å². The molecule has 0 aromatic heterocycles. The van der Waals surface area contributed by atoms with E-state index in [1.54, 1.807) is 6.92 Å². The Morgan fingerprint density at radius 3 is 2.76 bits per heavy atom. The number of benzene rings is 1. The highest BCUT2D eigenvalue weighted by molar-refractivity contribution is 8.13. The fourth-order valence-electron chi connectivity index (χ4n) is 1.44. The predicted octanol–water partition coefficient (Wildman–Crippen LogP) is 3.69. The first-order valence-electron chi connectivity index (χ1n) is 5.70. The van der Waals surface area contributed by atoms with Crippen LogP contribution in [0.3, 0.4) is 0 Å². The van der Waals surface area contributed by atoms with Crippen molar-refractivity contribution in [2.75, 3.05) is 11.5 Å². The third kappa shape index (κ3) is 4.65. The van der Waals surface area contributed by atoms with Crippen LogP contribution in [0.15, 0.2) is 24.3 Å². The molecule has 92 valence electrons. The molecule has 0 aliphatic carbocycles. The maximum absolute atomic E-state index is 10.8. The van der Waals surface area contributed by atoms with E-state index in [9.17, 15) is 4.79 Å². The second-order valence-corrected chi connectivity index (χ2v) is 5.44. The molecule has 0 aliphatic heterocycles. The molecule has 0 aliphatic rings. The third-order valence-electron chi connectivity index (χ3n) is 2.46. The van der Waals surface area contributed by atoms with Crippen molar-refractivity contribution in [3.8, 4) is 0 Å². The molecule has 0 saturated carbocycles. The normalized spacial score (nSPS) is 11.3. The Balaban J connectivity index is 2.75. The monoisotopic (exact) mass is 249 g/mol. The maximum atomic E-state index is 10.8. The minimum Gasteiger partial charge on any atom is -0.398 e. The molecule has 2 N–H and O–H groups in total. The van der Waals surface area contributed by atoms with Gasteiger partial charge in [0.15, 0.2) is 5.12 Å². The van der Waals surface area contributed by atoms with E-state index >= 15 is 0 Å². The van der Waals surface area contributed by atoms with Gasteiger partial charge in [0.25, 0.3) is 0 Å². The molecule has 0 saturated heterocycles. The molecule has 0 bridgehead atoms.